The lowest BCUT2D eigenvalue weighted by molar-refractivity contribution is -0.0228. The second kappa shape index (κ2) is 7.23. The maximum Gasteiger partial charge on any atom is 0.254 e. The maximum atomic E-state index is 12.7. The van der Waals surface area contributed by atoms with E-state index in [1.807, 2.05) is 12.1 Å². The molecule has 3 rings (SSSR count). The van der Waals surface area contributed by atoms with Crippen molar-refractivity contribution in [2.75, 3.05) is 19.7 Å². The summed E-state index contributed by atoms with van der Waals surface area (Å²) in [5, 5.41) is 9.92. The van der Waals surface area contributed by atoms with E-state index < -0.39 is 0 Å². The van der Waals surface area contributed by atoms with Gasteiger partial charge in [0.05, 0.1) is 34.8 Å². The molecule has 1 fully saturated rings. The molecule has 1 aliphatic rings. The number of rotatable bonds is 2. The van der Waals surface area contributed by atoms with Crippen molar-refractivity contribution in [1.82, 2.24) is 4.90 Å². The second-order valence-electron chi connectivity index (χ2n) is 5.48. The Morgan fingerprint density at radius 1 is 1.21 bits per heavy atom. The fraction of sp³-hybridized carbons (Fsp3) is 0.222. The van der Waals surface area contributed by atoms with Crippen LogP contribution in [0, 0.1) is 11.3 Å². The van der Waals surface area contributed by atoms with Crippen LogP contribution in [-0.2, 0) is 4.74 Å². The van der Waals surface area contributed by atoms with Gasteiger partial charge < -0.3 is 9.64 Å². The van der Waals surface area contributed by atoms with Gasteiger partial charge in [0.25, 0.3) is 5.91 Å². The molecule has 1 amide bonds. The van der Waals surface area contributed by atoms with Crippen molar-refractivity contribution in [1.29, 1.82) is 5.26 Å². The third kappa shape index (κ3) is 3.54. The Morgan fingerprint density at radius 2 is 2.04 bits per heavy atom. The largest absolute Gasteiger partial charge is 0.370 e. The van der Waals surface area contributed by atoms with E-state index in [1.54, 1.807) is 41.3 Å². The summed E-state index contributed by atoms with van der Waals surface area (Å²) in [6, 6.07) is 14.1. The number of amides is 1. The zero-order valence-corrected chi connectivity index (χ0v) is 14.2. The molecular formula is C18H14Cl2N2O2. The highest BCUT2D eigenvalue weighted by atomic mass is 35.5. The highest BCUT2D eigenvalue weighted by molar-refractivity contribution is 6.42. The summed E-state index contributed by atoms with van der Waals surface area (Å²) in [5.74, 6) is -0.111. The minimum absolute atomic E-state index is 0.111. The number of hydrogen-bond donors (Lipinski definition) is 0. The third-order valence-electron chi connectivity index (χ3n) is 3.91. The standard InChI is InChI=1S/C18H14Cl2N2O2/c19-15-5-4-13(9-16(15)20)17-11-22(6-7-24-17)18(23)14-3-1-2-12(8-14)10-21/h1-5,8-9,17H,6-7,11H2. The van der Waals surface area contributed by atoms with Crippen LogP contribution >= 0.6 is 23.2 Å². The molecule has 1 saturated heterocycles. The Balaban J connectivity index is 1.78. The monoisotopic (exact) mass is 360 g/mol. The van der Waals surface area contributed by atoms with Gasteiger partial charge in [0.15, 0.2) is 0 Å². The summed E-state index contributed by atoms with van der Waals surface area (Å²) in [5.41, 5.74) is 1.85. The van der Waals surface area contributed by atoms with Gasteiger partial charge in [-0.15, -0.1) is 0 Å². The Hall–Kier alpha value is -2.06. The minimum atomic E-state index is -0.253. The molecule has 0 N–H and O–H groups in total. The molecule has 4 nitrogen and oxygen atoms in total. The first kappa shape index (κ1) is 16.8. The molecule has 122 valence electrons. The average molecular weight is 361 g/mol. The number of carbonyl (C=O) groups is 1. The van der Waals surface area contributed by atoms with Crippen LogP contribution in [0.4, 0.5) is 0 Å². The zero-order chi connectivity index (χ0) is 17.1. The van der Waals surface area contributed by atoms with Crippen LogP contribution in [-0.4, -0.2) is 30.5 Å². The van der Waals surface area contributed by atoms with Gasteiger partial charge in [-0.05, 0) is 35.9 Å². The molecule has 0 spiro atoms. The van der Waals surface area contributed by atoms with Crippen molar-refractivity contribution in [2.24, 2.45) is 0 Å². The smallest absolute Gasteiger partial charge is 0.254 e. The molecule has 0 radical (unpaired) electrons. The van der Waals surface area contributed by atoms with Crippen molar-refractivity contribution in [2.45, 2.75) is 6.10 Å². The summed E-state index contributed by atoms with van der Waals surface area (Å²) < 4.78 is 5.77. The van der Waals surface area contributed by atoms with Crippen molar-refractivity contribution in [3.8, 4) is 6.07 Å². The molecule has 1 aliphatic heterocycles. The Morgan fingerprint density at radius 3 is 2.79 bits per heavy atom. The fourth-order valence-electron chi connectivity index (χ4n) is 2.65. The zero-order valence-electron chi connectivity index (χ0n) is 12.7. The summed E-state index contributed by atoms with van der Waals surface area (Å²) >= 11 is 12.0. The van der Waals surface area contributed by atoms with Crippen LogP contribution in [0.5, 0.6) is 0 Å². The summed E-state index contributed by atoms with van der Waals surface area (Å²) in [6.07, 6.45) is -0.253. The van der Waals surface area contributed by atoms with E-state index >= 15 is 0 Å². The van der Waals surface area contributed by atoms with Crippen molar-refractivity contribution < 1.29 is 9.53 Å². The third-order valence-corrected chi connectivity index (χ3v) is 4.65. The number of nitrogens with zero attached hydrogens (tertiary/aromatic N) is 2. The Bertz CT molecular complexity index is 817. The molecule has 0 bridgehead atoms. The minimum Gasteiger partial charge on any atom is -0.370 e. The topological polar surface area (TPSA) is 53.3 Å². The maximum absolute atomic E-state index is 12.7. The van der Waals surface area contributed by atoms with Gasteiger partial charge in [0.1, 0.15) is 6.10 Å². The van der Waals surface area contributed by atoms with Crippen molar-refractivity contribution >= 4 is 29.1 Å². The van der Waals surface area contributed by atoms with E-state index in [1.165, 1.54) is 0 Å². The summed E-state index contributed by atoms with van der Waals surface area (Å²) in [7, 11) is 0. The molecule has 2 aromatic carbocycles. The number of carbonyl (C=O) groups excluding carboxylic acids is 1. The number of ether oxygens (including phenoxy) is 1. The van der Waals surface area contributed by atoms with E-state index in [0.717, 1.165) is 5.56 Å². The number of halogens is 2. The Labute approximate surface area is 150 Å². The van der Waals surface area contributed by atoms with Gasteiger partial charge in [0, 0.05) is 12.1 Å². The first-order chi connectivity index (χ1) is 11.6. The van der Waals surface area contributed by atoms with Crippen LogP contribution in [0.25, 0.3) is 0 Å². The summed E-state index contributed by atoms with van der Waals surface area (Å²) in [4.78, 5) is 14.4. The number of morpholine rings is 1. The predicted molar refractivity (Wildman–Crippen MR) is 92.2 cm³/mol. The van der Waals surface area contributed by atoms with E-state index in [9.17, 15) is 4.79 Å². The van der Waals surface area contributed by atoms with Crippen LogP contribution in [0.2, 0.25) is 10.0 Å². The van der Waals surface area contributed by atoms with E-state index in [0.29, 0.717) is 40.9 Å². The average Bonchev–Trinajstić information content (AvgIpc) is 2.63. The van der Waals surface area contributed by atoms with Gasteiger partial charge in [-0.1, -0.05) is 35.3 Å². The first-order valence-electron chi connectivity index (χ1n) is 7.44. The molecule has 0 aliphatic carbocycles. The van der Waals surface area contributed by atoms with Gasteiger partial charge in [0.2, 0.25) is 0 Å². The van der Waals surface area contributed by atoms with Gasteiger partial charge in [-0.2, -0.15) is 5.26 Å². The predicted octanol–water partition coefficient (Wildman–Crippen LogP) is 4.08. The quantitative estimate of drug-likeness (QED) is 0.810. The van der Waals surface area contributed by atoms with Crippen molar-refractivity contribution in [3.05, 3.63) is 69.2 Å². The van der Waals surface area contributed by atoms with Gasteiger partial charge in [-0.25, -0.2) is 0 Å². The molecular weight excluding hydrogens is 347 g/mol. The van der Waals surface area contributed by atoms with Crippen LogP contribution in [0.15, 0.2) is 42.5 Å². The van der Waals surface area contributed by atoms with E-state index in [-0.39, 0.29) is 12.0 Å². The normalized spacial score (nSPS) is 17.4. The number of nitriles is 1. The van der Waals surface area contributed by atoms with Gasteiger partial charge >= 0.3 is 0 Å². The lowest BCUT2D eigenvalue weighted by Crippen LogP contribution is -2.42. The molecule has 24 heavy (non-hydrogen) atoms. The van der Waals surface area contributed by atoms with E-state index in [4.69, 9.17) is 33.2 Å². The number of hydrogen-bond acceptors (Lipinski definition) is 3. The van der Waals surface area contributed by atoms with Crippen LogP contribution < -0.4 is 0 Å². The summed E-state index contributed by atoms with van der Waals surface area (Å²) in [6.45, 7) is 1.37. The van der Waals surface area contributed by atoms with Crippen molar-refractivity contribution in [3.63, 3.8) is 0 Å². The lowest BCUT2D eigenvalue weighted by Gasteiger charge is -2.33. The number of benzene rings is 2. The van der Waals surface area contributed by atoms with Crippen LogP contribution in [0.1, 0.15) is 27.6 Å². The molecule has 0 saturated carbocycles. The Kier molecular flexibility index (Phi) is 5.06. The molecule has 1 unspecified atom stereocenters. The first-order valence-corrected chi connectivity index (χ1v) is 8.20. The van der Waals surface area contributed by atoms with E-state index in [2.05, 4.69) is 0 Å². The SMILES string of the molecule is N#Cc1cccc(C(=O)N2CCOC(c3ccc(Cl)c(Cl)c3)C2)c1. The van der Waals surface area contributed by atoms with Gasteiger partial charge in [-0.3, -0.25) is 4.79 Å². The fourth-order valence-corrected chi connectivity index (χ4v) is 2.96. The molecule has 1 atom stereocenters. The van der Waals surface area contributed by atoms with Crippen LogP contribution in [0.3, 0.4) is 0 Å². The molecule has 0 aromatic heterocycles. The molecule has 2 aromatic rings. The highest BCUT2D eigenvalue weighted by Gasteiger charge is 2.26. The highest BCUT2D eigenvalue weighted by Crippen LogP contribution is 2.29. The molecule has 6 heteroatoms. The molecule has 1 heterocycles. The lowest BCUT2D eigenvalue weighted by atomic mass is 10.1. The second-order valence-corrected chi connectivity index (χ2v) is 6.29.